The number of benzene rings is 1. The molecular weight excluding hydrogens is 500 g/mol. The van der Waals surface area contributed by atoms with Crippen LogP contribution >= 0.6 is 11.3 Å². The number of aromatic nitrogens is 5. The average molecular weight is 522 g/mol. The van der Waals surface area contributed by atoms with E-state index in [2.05, 4.69) is 42.8 Å². The lowest BCUT2D eigenvalue weighted by molar-refractivity contribution is 0.102. The highest BCUT2D eigenvalue weighted by Gasteiger charge is 2.22. The molecule has 0 bridgehead atoms. The number of ether oxygens (including phenoxy) is 1. The van der Waals surface area contributed by atoms with Gasteiger partial charge in [-0.1, -0.05) is 17.3 Å². The van der Waals surface area contributed by atoms with E-state index in [0.29, 0.717) is 39.4 Å². The van der Waals surface area contributed by atoms with Crippen molar-refractivity contribution in [3.63, 3.8) is 0 Å². The summed E-state index contributed by atoms with van der Waals surface area (Å²) in [5.74, 6) is 7.16. The molecule has 37 heavy (non-hydrogen) atoms. The Bertz CT molecular complexity index is 1520. The van der Waals surface area contributed by atoms with Gasteiger partial charge in [0, 0.05) is 48.1 Å². The molecule has 0 atom stereocenters. The van der Waals surface area contributed by atoms with Gasteiger partial charge in [0.1, 0.15) is 11.6 Å². The molecule has 9 nitrogen and oxygen atoms in total. The van der Waals surface area contributed by atoms with Gasteiger partial charge in [-0.25, -0.2) is 13.8 Å². The lowest BCUT2D eigenvalue weighted by atomic mass is 9.98. The number of pyridine rings is 1. The molecule has 3 aromatic heterocycles. The van der Waals surface area contributed by atoms with Crippen molar-refractivity contribution < 1.29 is 18.3 Å². The number of carbonyl (C=O) groups excluding carboxylic acids is 1. The number of halogens is 2. The highest BCUT2D eigenvalue weighted by Crippen LogP contribution is 2.37. The second-order valence-electron chi connectivity index (χ2n) is 8.29. The van der Waals surface area contributed by atoms with Gasteiger partial charge < -0.3 is 10.1 Å². The van der Waals surface area contributed by atoms with Gasteiger partial charge in [-0.3, -0.25) is 14.8 Å². The molecule has 4 aromatic rings. The van der Waals surface area contributed by atoms with Crippen LogP contribution in [-0.4, -0.2) is 38.0 Å². The van der Waals surface area contributed by atoms with E-state index < -0.39 is 12.3 Å². The number of hydrogen-bond donors (Lipinski definition) is 2. The van der Waals surface area contributed by atoms with Crippen molar-refractivity contribution in [2.45, 2.75) is 19.3 Å². The van der Waals surface area contributed by atoms with E-state index in [1.54, 1.807) is 30.1 Å². The largest absolute Gasteiger partial charge is 0.496 e. The molecule has 1 aliphatic rings. The maximum absolute atomic E-state index is 13.6. The molecule has 1 amide bonds. The molecule has 0 unspecified atom stereocenters. The van der Waals surface area contributed by atoms with E-state index in [0.717, 1.165) is 24.2 Å². The molecular formula is C25H21F2N7O2S. The number of aryl methyl sites for hydroxylation is 1. The quantitative estimate of drug-likeness (QED) is 0.328. The third kappa shape index (κ3) is 5.73. The van der Waals surface area contributed by atoms with Crippen molar-refractivity contribution in [2.75, 3.05) is 17.7 Å². The molecule has 1 aromatic carbocycles. The fourth-order valence-electron chi connectivity index (χ4n) is 3.49. The normalized spacial score (nSPS) is 12.7. The van der Waals surface area contributed by atoms with E-state index in [1.807, 2.05) is 0 Å². The number of hydrogen-bond acceptors (Lipinski definition) is 8. The summed E-state index contributed by atoms with van der Waals surface area (Å²) in [7, 11) is 3.20. The molecule has 0 spiro atoms. The Labute approximate surface area is 214 Å². The maximum atomic E-state index is 13.6. The zero-order valence-corrected chi connectivity index (χ0v) is 20.6. The van der Waals surface area contributed by atoms with Crippen molar-refractivity contribution in [1.82, 2.24) is 25.0 Å². The predicted octanol–water partition coefficient (Wildman–Crippen LogP) is 5.04. The lowest BCUT2D eigenvalue weighted by Gasteiger charge is -2.15. The van der Waals surface area contributed by atoms with E-state index in [-0.39, 0.29) is 16.3 Å². The Balaban J connectivity index is 1.51. The van der Waals surface area contributed by atoms with Crippen LogP contribution in [0.15, 0.2) is 42.7 Å². The van der Waals surface area contributed by atoms with E-state index in [4.69, 9.17) is 4.74 Å². The minimum absolute atomic E-state index is 0.136. The molecule has 0 radical (unpaired) electrons. The molecule has 5 rings (SSSR count). The summed E-state index contributed by atoms with van der Waals surface area (Å²) in [6.07, 6.45) is 2.59. The number of nitrogens with one attached hydrogen (secondary N) is 2. The number of rotatable bonds is 7. The Kier molecular flexibility index (Phi) is 6.78. The highest BCUT2D eigenvalue weighted by atomic mass is 32.1. The second kappa shape index (κ2) is 10.3. The summed E-state index contributed by atoms with van der Waals surface area (Å²) in [6, 6.07) is 7.37. The van der Waals surface area contributed by atoms with Gasteiger partial charge in [-0.15, -0.1) is 10.2 Å². The fraction of sp³-hybridized carbons (Fsp3) is 0.240. The third-order valence-electron chi connectivity index (χ3n) is 5.49. The Morgan fingerprint density at radius 3 is 2.73 bits per heavy atom. The maximum Gasteiger partial charge on any atom is 0.263 e. The molecule has 2 N–H and O–H groups in total. The van der Waals surface area contributed by atoms with Crippen LogP contribution in [0.1, 0.15) is 40.2 Å². The van der Waals surface area contributed by atoms with Crippen molar-refractivity contribution in [3.8, 4) is 28.7 Å². The third-order valence-corrected chi connectivity index (χ3v) is 6.24. The molecule has 1 saturated carbocycles. The van der Waals surface area contributed by atoms with Gasteiger partial charge in [0.2, 0.25) is 5.13 Å². The number of carbonyl (C=O) groups is 1. The van der Waals surface area contributed by atoms with E-state index in [9.17, 15) is 13.6 Å². The van der Waals surface area contributed by atoms with E-state index >= 15 is 0 Å². The first kappa shape index (κ1) is 24.3. The smallest absolute Gasteiger partial charge is 0.263 e. The minimum atomic E-state index is -2.70. The van der Waals surface area contributed by atoms with Gasteiger partial charge in [0.15, 0.2) is 10.8 Å². The topological polar surface area (TPSA) is 107 Å². The van der Waals surface area contributed by atoms with Crippen LogP contribution in [0.5, 0.6) is 5.75 Å². The molecule has 1 aliphatic carbocycles. The van der Waals surface area contributed by atoms with Gasteiger partial charge >= 0.3 is 0 Å². The Morgan fingerprint density at radius 2 is 2.03 bits per heavy atom. The van der Waals surface area contributed by atoms with Crippen molar-refractivity contribution in [2.24, 2.45) is 13.0 Å². The highest BCUT2D eigenvalue weighted by molar-refractivity contribution is 7.15. The van der Waals surface area contributed by atoms with Crippen LogP contribution in [0.4, 0.5) is 25.5 Å². The second-order valence-corrected chi connectivity index (χ2v) is 9.26. The summed E-state index contributed by atoms with van der Waals surface area (Å²) >= 11 is 1.15. The van der Waals surface area contributed by atoms with Crippen LogP contribution in [0.3, 0.4) is 0 Å². The summed E-state index contributed by atoms with van der Waals surface area (Å²) in [5.41, 5.74) is 0.576. The van der Waals surface area contributed by atoms with Gasteiger partial charge in [0.05, 0.1) is 12.7 Å². The first-order valence-electron chi connectivity index (χ1n) is 11.3. The molecule has 12 heteroatoms. The van der Waals surface area contributed by atoms with Crippen molar-refractivity contribution in [3.05, 3.63) is 58.9 Å². The van der Waals surface area contributed by atoms with Gasteiger partial charge in [-0.05, 0) is 43.0 Å². The summed E-state index contributed by atoms with van der Waals surface area (Å²) < 4.78 is 34.2. The first-order valence-corrected chi connectivity index (χ1v) is 12.1. The summed E-state index contributed by atoms with van der Waals surface area (Å²) in [5, 5.41) is 18.8. The van der Waals surface area contributed by atoms with Crippen LogP contribution < -0.4 is 15.4 Å². The van der Waals surface area contributed by atoms with Crippen molar-refractivity contribution >= 4 is 34.0 Å². The molecule has 1 fully saturated rings. The minimum Gasteiger partial charge on any atom is -0.496 e. The van der Waals surface area contributed by atoms with Gasteiger partial charge in [0.25, 0.3) is 12.3 Å². The molecule has 3 heterocycles. The molecule has 188 valence electrons. The number of amides is 1. The standard InChI is InChI=1S/C25H21F2N7O2S/c1-34-10-9-20(33-34)29-21-12-16(17-11-15(23(26)27)6-7-19(17)36-2)18(13-28-21)24(35)30-25-32-31-22(37-25)8-5-14-3-4-14/h6-7,9-14,23H,3-4H2,1-2H3,(H,28,29,33)(H,30,32,35). The van der Waals surface area contributed by atoms with Crippen molar-refractivity contribution in [1.29, 1.82) is 0 Å². The number of alkyl halides is 2. The Morgan fingerprint density at radius 1 is 1.19 bits per heavy atom. The lowest BCUT2D eigenvalue weighted by Crippen LogP contribution is -2.14. The molecule has 0 saturated heterocycles. The van der Waals surface area contributed by atoms with Crippen LogP contribution in [-0.2, 0) is 7.05 Å². The first-order chi connectivity index (χ1) is 17.9. The average Bonchev–Trinajstić information content (AvgIpc) is 3.48. The molecule has 0 aliphatic heterocycles. The Hall–Kier alpha value is -4.37. The zero-order valence-electron chi connectivity index (χ0n) is 19.8. The number of anilines is 3. The van der Waals surface area contributed by atoms with Crippen LogP contribution in [0, 0.1) is 17.8 Å². The monoisotopic (exact) mass is 521 g/mol. The number of methoxy groups -OCH3 is 1. The summed E-state index contributed by atoms with van der Waals surface area (Å²) in [6.45, 7) is 0. The number of nitrogens with zero attached hydrogens (tertiary/aromatic N) is 5. The summed E-state index contributed by atoms with van der Waals surface area (Å²) in [4.78, 5) is 17.7. The van der Waals surface area contributed by atoms with Crippen LogP contribution in [0.25, 0.3) is 11.1 Å². The van der Waals surface area contributed by atoms with Crippen LogP contribution in [0.2, 0.25) is 0 Å². The SMILES string of the molecule is COc1ccc(C(F)F)cc1-c1cc(Nc2ccn(C)n2)ncc1C(=O)Nc1nnc(C#CC2CC2)s1. The van der Waals surface area contributed by atoms with Gasteiger partial charge in [-0.2, -0.15) is 5.10 Å². The van der Waals surface area contributed by atoms with E-state index in [1.165, 1.54) is 31.5 Å². The fourth-order valence-corrected chi connectivity index (χ4v) is 4.09. The predicted molar refractivity (Wildman–Crippen MR) is 135 cm³/mol. The zero-order chi connectivity index (χ0) is 25.9.